The minimum atomic E-state index is -0.0682. The molecule has 26 heavy (non-hydrogen) atoms. The molecule has 2 atom stereocenters. The average Bonchev–Trinajstić information content (AvgIpc) is 2.82. The van der Waals surface area contributed by atoms with Crippen molar-refractivity contribution in [3.05, 3.63) is 29.6 Å². The Morgan fingerprint density at radius 2 is 2.19 bits per heavy atom. The number of aromatic amines is 1. The SMILES string of the molecule is Cc1ccc2nc(COCC(=O)N3C[C@H]4CC[C@@H](C3)N(C)C4=O)[nH]c2c1. The van der Waals surface area contributed by atoms with E-state index in [1.54, 1.807) is 9.80 Å². The van der Waals surface area contributed by atoms with Crippen molar-refractivity contribution in [1.29, 1.82) is 0 Å². The van der Waals surface area contributed by atoms with Gasteiger partial charge < -0.3 is 19.5 Å². The third-order valence-electron chi connectivity index (χ3n) is 5.47. The zero-order valence-electron chi connectivity index (χ0n) is 15.2. The number of benzene rings is 1. The van der Waals surface area contributed by atoms with Crippen LogP contribution in [0.1, 0.15) is 24.2 Å². The highest BCUT2D eigenvalue weighted by atomic mass is 16.5. The van der Waals surface area contributed by atoms with Gasteiger partial charge in [0, 0.05) is 26.2 Å². The third-order valence-corrected chi connectivity index (χ3v) is 5.47. The van der Waals surface area contributed by atoms with E-state index in [-0.39, 0.29) is 37.0 Å². The summed E-state index contributed by atoms with van der Waals surface area (Å²) in [6.07, 6.45) is 1.84. The zero-order valence-corrected chi connectivity index (χ0v) is 15.2. The Labute approximate surface area is 152 Å². The predicted octanol–water partition coefficient (Wildman–Crippen LogP) is 1.47. The summed E-state index contributed by atoms with van der Waals surface area (Å²) in [5, 5.41) is 0. The van der Waals surface area contributed by atoms with Crippen molar-refractivity contribution in [2.24, 2.45) is 5.92 Å². The van der Waals surface area contributed by atoms with Gasteiger partial charge in [-0.3, -0.25) is 9.59 Å². The molecule has 3 saturated heterocycles. The highest BCUT2D eigenvalue weighted by molar-refractivity contribution is 5.83. The molecule has 0 unspecified atom stereocenters. The Balaban J connectivity index is 1.34. The predicted molar refractivity (Wildman–Crippen MR) is 96.3 cm³/mol. The molecule has 7 heteroatoms. The van der Waals surface area contributed by atoms with Crippen molar-refractivity contribution in [3.8, 4) is 0 Å². The number of hydrogen-bond donors (Lipinski definition) is 1. The van der Waals surface area contributed by atoms with Gasteiger partial charge in [-0.15, -0.1) is 0 Å². The summed E-state index contributed by atoms with van der Waals surface area (Å²) in [5.74, 6) is 0.748. The van der Waals surface area contributed by atoms with Gasteiger partial charge in [0.05, 0.1) is 17.0 Å². The molecule has 5 rings (SSSR count). The molecule has 3 fully saturated rings. The number of fused-ring (bicyclic) bond motifs is 5. The lowest BCUT2D eigenvalue weighted by Crippen LogP contribution is -2.45. The summed E-state index contributed by atoms with van der Waals surface area (Å²) in [6, 6.07) is 6.15. The van der Waals surface area contributed by atoms with Crippen molar-refractivity contribution in [1.82, 2.24) is 19.8 Å². The maximum absolute atomic E-state index is 12.5. The van der Waals surface area contributed by atoms with Crippen LogP contribution in [0, 0.1) is 12.8 Å². The van der Waals surface area contributed by atoms with Gasteiger partial charge in [-0.1, -0.05) is 6.07 Å². The van der Waals surface area contributed by atoms with E-state index in [1.807, 2.05) is 32.2 Å². The Morgan fingerprint density at radius 1 is 1.35 bits per heavy atom. The van der Waals surface area contributed by atoms with Crippen LogP contribution in [0.2, 0.25) is 0 Å². The first kappa shape index (κ1) is 17.0. The number of hydrogen-bond acceptors (Lipinski definition) is 4. The first-order chi connectivity index (χ1) is 12.5. The van der Waals surface area contributed by atoms with E-state index in [2.05, 4.69) is 9.97 Å². The standard InChI is InChI=1S/C19H24N4O3/c1-12-3-6-15-16(7-12)21-17(20-15)10-26-11-18(24)23-8-13-4-5-14(9-23)22(2)19(13)25/h3,6-7,13-14H,4-5,8-11H2,1-2H3,(H,20,21)/t13-,14+/m1/s1. The number of imidazole rings is 1. The summed E-state index contributed by atoms with van der Waals surface area (Å²) in [5.41, 5.74) is 3.03. The summed E-state index contributed by atoms with van der Waals surface area (Å²) >= 11 is 0. The van der Waals surface area contributed by atoms with Crippen LogP contribution >= 0.6 is 0 Å². The van der Waals surface area contributed by atoms with Gasteiger partial charge in [-0.25, -0.2) is 4.98 Å². The van der Waals surface area contributed by atoms with Crippen LogP contribution in [0.25, 0.3) is 11.0 Å². The molecular formula is C19H24N4O3. The van der Waals surface area contributed by atoms with Crippen molar-refractivity contribution in [3.63, 3.8) is 0 Å². The number of ether oxygens (including phenoxy) is 1. The van der Waals surface area contributed by atoms with E-state index in [1.165, 1.54) is 5.56 Å². The summed E-state index contributed by atoms with van der Waals surface area (Å²) < 4.78 is 5.60. The molecule has 2 bridgehead atoms. The number of rotatable bonds is 4. The number of nitrogens with one attached hydrogen (secondary N) is 1. The van der Waals surface area contributed by atoms with E-state index in [4.69, 9.17) is 4.74 Å². The van der Waals surface area contributed by atoms with Crippen LogP contribution in [0.3, 0.4) is 0 Å². The molecule has 1 aromatic carbocycles. The molecule has 1 N–H and O–H groups in total. The third kappa shape index (κ3) is 3.19. The second-order valence-electron chi connectivity index (χ2n) is 7.37. The fourth-order valence-electron chi connectivity index (χ4n) is 3.93. The fourth-order valence-corrected chi connectivity index (χ4v) is 3.93. The molecule has 138 valence electrons. The highest BCUT2D eigenvalue weighted by Gasteiger charge is 2.39. The van der Waals surface area contributed by atoms with E-state index < -0.39 is 0 Å². The Morgan fingerprint density at radius 3 is 3.04 bits per heavy atom. The number of piperidine rings is 1. The quantitative estimate of drug-likeness (QED) is 0.900. The normalized spacial score (nSPS) is 22.9. The van der Waals surface area contributed by atoms with Gasteiger partial charge in [0.1, 0.15) is 19.0 Å². The van der Waals surface area contributed by atoms with Gasteiger partial charge in [-0.2, -0.15) is 0 Å². The van der Waals surface area contributed by atoms with Crippen LogP contribution in [-0.4, -0.2) is 64.4 Å². The number of amides is 2. The number of carbonyl (C=O) groups is 2. The zero-order chi connectivity index (χ0) is 18.3. The van der Waals surface area contributed by atoms with Crippen molar-refractivity contribution in [2.45, 2.75) is 32.4 Å². The number of nitrogens with zero attached hydrogens (tertiary/aromatic N) is 3. The van der Waals surface area contributed by atoms with Crippen LogP contribution in [0.15, 0.2) is 18.2 Å². The van der Waals surface area contributed by atoms with E-state index in [0.717, 1.165) is 23.9 Å². The molecule has 2 amide bonds. The molecule has 4 heterocycles. The summed E-state index contributed by atoms with van der Waals surface area (Å²) in [6.45, 7) is 3.41. The lowest BCUT2D eigenvalue weighted by atomic mass is 9.95. The maximum atomic E-state index is 12.5. The average molecular weight is 356 g/mol. The summed E-state index contributed by atoms with van der Waals surface area (Å²) in [4.78, 5) is 36.0. The van der Waals surface area contributed by atoms with E-state index in [0.29, 0.717) is 18.9 Å². The second-order valence-corrected chi connectivity index (χ2v) is 7.37. The van der Waals surface area contributed by atoms with Crippen LogP contribution in [0.4, 0.5) is 0 Å². The summed E-state index contributed by atoms with van der Waals surface area (Å²) in [7, 11) is 1.84. The van der Waals surface area contributed by atoms with Crippen LogP contribution < -0.4 is 0 Å². The topological polar surface area (TPSA) is 78.5 Å². The Kier molecular flexibility index (Phi) is 4.40. The molecule has 0 aliphatic carbocycles. The Hall–Kier alpha value is -2.41. The van der Waals surface area contributed by atoms with Crippen molar-refractivity contribution < 1.29 is 14.3 Å². The number of carbonyl (C=O) groups excluding carboxylic acids is 2. The smallest absolute Gasteiger partial charge is 0.248 e. The van der Waals surface area contributed by atoms with Gasteiger partial charge in [-0.05, 0) is 37.5 Å². The number of likely N-dealkylation sites (N-methyl/N-ethyl adjacent to an activating group) is 1. The van der Waals surface area contributed by atoms with Gasteiger partial charge >= 0.3 is 0 Å². The van der Waals surface area contributed by atoms with Gasteiger partial charge in [0.15, 0.2) is 0 Å². The molecule has 1 aromatic heterocycles. The molecule has 2 aromatic rings. The fraction of sp³-hybridized carbons (Fsp3) is 0.526. The minimum absolute atomic E-state index is 0.00736. The molecule has 3 aliphatic heterocycles. The number of aryl methyl sites for hydroxylation is 1. The number of aromatic nitrogens is 2. The van der Waals surface area contributed by atoms with Gasteiger partial charge in [0.2, 0.25) is 11.8 Å². The second kappa shape index (κ2) is 6.72. The van der Waals surface area contributed by atoms with Gasteiger partial charge in [0.25, 0.3) is 0 Å². The van der Waals surface area contributed by atoms with Crippen molar-refractivity contribution in [2.75, 3.05) is 26.7 Å². The maximum Gasteiger partial charge on any atom is 0.248 e. The first-order valence-electron chi connectivity index (χ1n) is 9.08. The minimum Gasteiger partial charge on any atom is -0.364 e. The highest BCUT2D eigenvalue weighted by Crippen LogP contribution is 2.28. The molecule has 0 radical (unpaired) electrons. The van der Waals surface area contributed by atoms with E-state index >= 15 is 0 Å². The number of H-pyrrole nitrogens is 1. The lowest BCUT2D eigenvalue weighted by molar-refractivity contribution is -0.138. The largest absolute Gasteiger partial charge is 0.364 e. The van der Waals surface area contributed by atoms with E-state index in [9.17, 15) is 9.59 Å². The Bertz CT molecular complexity index is 846. The molecule has 3 aliphatic rings. The van der Waals surface area contributed by atoms with Crippen molar-refractivity contribution >= 4 is 22.8 Å². The monoisotopic (exact) mass is 356 g/mol. The van der Waals surface area contributed by atoms with Crippen LogP contribution in [0.5, 0.6) is 0 Å². The van der Waals surface area contributed by atoms with Crippen LogP contribution in [-0.2, 0) is 20.9 Å². The molecular weight excluding hydrogens is 332 g/mol. The molecule has 0 saturated carbocycles. The first-order valence-corrected chi connectivity index (χ1v) is 9.08. The molecule has 0 spiro atoms. The molecule has 7 nitrogen and oxygen atoms in total. The lowest BCUT2D eigenvalue weighted by Gasteiger charge is -2.32.